The zero-order chi connectivity index (χ0) is 15.4. The second-order valence-corrected chi connectivity index (χ2v) is 5.71. The van der Waals surface area contributed by atoms with E-state index in [2.05, 4.69) is 5.32 Å². The predicted octanol–water partition coefficient (Wildman–Crippen LogP) is 4.07. The maximum Gasteiger partial charge on any atom is 0.257 e. The summed E-state index contributed by atoms with van der Waals surface area (Å²) in [5.74, 6) is -0.315. The van der Waals surface area contributed by atoms with Gasteiger partial charge in [-0.1, -0.05) is 53.6 Å². The van der Waals surface area contributed by atoms with E-state index in [4.69, 9.17) is 41.2 Å². The third-order valence-corrected chi connectivity index (χ3v) is 3.75. The number of nitrogens with two attached hydrogens (primary N) is 1. The number of amides is 1. The highest BCUT2D eigenvalue weighted by Gasteiger charge is 2.12. The molecule has 0 saturated carbocycles. The zero-order valence-corrected chi connectivity index (χ0v) is 13.2. The number of nitrogens with one attached hydrogen (secondary N) is 1. The number of benzene rings is 2. The third-order valence-electron chi connectivity index (χ3n) is 2.79. The van der Waals surface area contributed by atoms with Gasteiger partial charge in [-0.25, -0.2) is 0 Å². The Labute approximate surface area is 138 Å². The smallest absolute Gasteiger partial charge is 0.257 e. The molecule has 21 heavy (non-hydrogen) atoms. The molecule has 0 radical (unpaired) electrons. The maximum atomic E-state index is 12.2. The third kappa shape index (κ3) is 4.17. The van der Waals surface area contributed by atoms with Crippen LogP contribution in [0.15, 0.2) is 42.5 Å². The molecule has 0 heterocycles. The average molecular weight is 339 g/mol. The van der Waals surface area contributed by atoms with Gasteiger partial charge >= 0.3 is 0 Å². The molecular weight excluding hydrogens is 327 g/mol. The van der Waals surface area contributed by atoms with Crippen molar-refractivity contribution in [3.63, 3.8) is 0 Å². The molecule has 0 aliphatic rings. The highest BCUT2D eigenvalue weighted by molar-refractivity contribution is 7.80. The Morgan fingerprint density at radius 3 is 2.43 bits per heavy atom. The molecule has 3 nitrogen and oxygen atoms in total. The Morgan fingerprint density at radius 1 is 1.14 bits per heavy atom. The Bertz CT molecular complexity index is 687. The molecular formula is C15H12Cl2N2OS. The normalized spacial score (nSPS) is 10.2. The molecule has 0 aliphatic heterocycles. The van der Waals surface area contributed by atoms with E-state index in [1.807, 2.05) is 12.1 Å². The van der Waals surface area contributed by atoms with Crippen molar-refractivity contribution in [2.24, 2.45) is 5.73 Å². The van der Waals surface area contributed by atoms with Gasteiger partial charge in [0.25, 0.3) is 5.91 Å². The van der Waals surface area contributed by atoms with Crippen molar-refractivity contribution in [3.05, 3.63) is 63.6 Å². The molecule has 0 aliphatic carbocycles. The van der Waals surface area contributed by atoms with E-state index in [1.54, 1.807) is 30.3 Å². The molecule has 0 saturated heterocycles. The quantitative estimate of drug-likeness (QED) is 0.826. The van der Waals surface area contributed by atoms with E-state index in [0.29, 0.717) is 27.7 Å². The van der Waals surface area contributed by atoms with Crippen LogP contribution in [0, 0.1) is 0 Å². The Hall–Kier alpha value is -1.62. The van der Waals surface area contributed by atoms with Gasteiger partial charge in [0, 0.05) is 12.1 Å². The van der Waals surface area contributed by atoms with Crippen LogP contribution in [0.5, 0.6) is 0 Å². The van der Waals surface area contributed by atoms with Gasteiger partial charge in [-0.2, -0.15) is 0 Å². The molecule has 2 aromatic carbocycles. The van der Waals surface area contributed by atoms with E-state index in [-0.39, 0.29) is 10.9 Å². The lowest BCUT2D eigenvalue weighted by Crippen LogP contribution is -2.13. The van der Waals surface area contributed by atoms with Crippen LogP contribution >= 0.6 is 35.4 Å². The van der Waals surface area contributed by atoms with E-state index < -0.39 is 0 Å². The number of rotatable bonds is 4. The van der Waals surface area contributed by atoms with Crippen LogP contribution in [0.4, 0.5) is 5.69 Å². The van der Waals surface area contributed by atoms with Crippen molar-refractivity contribution >= 4 is 52.0 Å². The summed E-state index contributed by atoms with van der Waals surface area (Å²) < 4.78 is 0. The summed E-state index contributed by atoms with van der Waals surface area (Å²) in [6, 6.07) is 12.2. The van der Waals surface area contributed by atoms with Gasteiger partial charge in [-0.3, -0.25) is 4.79 Å². The number of carbonyl (C=O) groups is 1. The van der Waals surface area contributed by atoms with Gasteiger partial charge < -0.3 is 11.1 Å². The van der Waals surface area contributed by atoms with Crippen molar-refractivity contribution in [3.8, 4) is 0 Å². The topological polar surface area (TPSA) is 55.1 Å². The molecule has 2 rings (SSSR count). The summed E-state index contributed by atoms with van der Waals surface area (Å²) in [7, 11) is 0. The lowest BCUT2D eigenvalue weighted by Gasteiger charge is -2.08. The first-order chi connectivity index (χ1) is 9.97. The van der Waals surface area contributed by atoms with Gasteiger partial charge in [0.2, 0.25) is 0 Å². The number of carbonyl (C=O) groups excluding carboxylic acids is 1. The van der Waals surface area contributed by atoms with Crippen molar-refractivity contribution < 1.29 is 4.79 Å². The average Bonchev–Trinajstić information content (AvgIpc) is 2.43. The Morgan fingerprint density at radius 2 is 1.81 bits per heavy atom. The van der Waals surface area contributed by atoms with E-state index in [9.17, 15) is 4.79 Å². The summed E-state index contributed by atoms with van der Waals surface area (Å²) in [4.78, 5) is 12.6. The lowest BCUT2D eigenvalue weighted by molar-refractivity contribution is 0.102. The summed E-state index contributed by atoms with van der Waals surface area (Å²) in [5, 5.41) is 3.34. The molecule has 0 unspecified atom stereocenters. The van der Waals surface area contributed by atoms with Gasteiger partial charge in [-0.05, 0) is 29.8 Å². The van der Waals surface area contributed by atoms with Crippen molar-refractivity contribution in [1.82, 2.24) is 0 Å². The lowest BCUT2D eigenvalue weighted by atomic mass is 10.1. The first-order valence-electron chi connectivity index (χ1n) is 6.10. The van der Waals surface area contributed by atoms with Gasteiger partial charge in [0.15, 0.2) is 0 Å². The van der Waals surface area contributed by atoms with E-state index in [0.717, 1.165) is 5.56 Å². The summed E-state index contributed by atoms with van der Waals surface area (Å²) >= 11 is 16.8. The Kier molecular flexibility index (Phi) is 5.17. The first kappa shape index (κ1) is 15.8. The molecule has 3 N–H and O–H groups in total. The van der Waals surface area contributed by atoms with Crippen molar-refractivity contribution in [2.75, 3.05) is 5.32 Å². The zero-order valence-electron chi connectivity index (χ0n) is 10.9. The first-order valence-corrected chi connectivity index (χ1v) is 7.26. The van der Waals surface area contributed by atoms with Crippen LogP contribution in [-0.4, -0.2) is 10.9 Å². The number of hydrogen-bond donors (Lipinski definition) is 2. The molecule has 0 fully saturated rings. The van der Waals surface area contributed by atoms with Gasteiger partial charge in [0.1, 0.15) is 0 Å². The summed E-state index contributed by atoms with van der Waals surface area (Å²) in [6.45, 7) is 0. The van der Waals surface area contributed by atoms with Crippen LogP contribution < -0.4 is 11.1 Å². The van der Waals surface area contributed by atoms with Gasteiger partial charge in [0.05, 0.1) is 20.6 Å². The van der Waals surface area contributed by atoms with E-state index in [1.165, 1.54) is 0 Å². The molecule has 0 bridgehead atoms. The number of thiocarbonyl (C=S) groups is 1. The van der Waals surface area contributed by atoms with E-state index >= 15 is 0 Å². The van der Waals surface area contributed by atoms with Crippen LogP contribution in [0.2, 0.25) is 10.0 Å². The second kappa shape index (κ2) is 6.89. The summed E-state index contributed by atoms with van der Waals surface area (Å²) in [5.41, 5.74) is 7.46. The molecule has 1 amide bonds. The minimum atomic E-state index is -0.315. The maximum absolute atomic E-state index is 12.2. The van der Waals surface area contributed by atoms with Crippen LogP contribution in [-0.2, 0) is 6.42 Å². The Balaban J connectivity index is 2.12. The minimum absolute atomic E-state index is 0.238. The fraction of sp³-hybridized carbons (Fsp3) is 0.0667. The highest BCUT2D eigenvalue weighted by atomic mass is 35.5. The molecule has 0 aromatic heterocycles. The predicted molar refractivity (Wildman–Crippen MR) is 91.3 cm³/mol. The standard InChI is InChI=1S/C15H12Cl2N2OS/c16-12-3-1-2-11(14(12)17)15(20)19-10-6-4-9(5-7-10)8-13(18)21/h1-7H,8H2,(H2,18,21)(H,19,20). The SMILES string of the molecule is NC(=S)Cc1ccc(NC(=O)c2cccc(Cl)c2Cl)cc1. The molecule has 2 aromatic rings. The van der Waals surface area contributed by atoms with Crippen molar-refractivity contribution in [2.45, 2.75) is 6.42 Å². The number of halogens is 2. The van der Waals surface area contributed by atoms with Gasteiger partial charge in [-0.15, -0.1) is 0 Å². The van der Waals surface area contributed by atoms with Crippen LogP contribution in [0.3, 0.4) is 0 Å². The van der Waals surface area contributed by atoms with Crippen molar-refractivity contribution in [1.29, 1.82) is 0 Å². The highest BCUT2D eigenvalue weighted by Crippen LogP contribution is 2.26. The second-order valence-electron chi connectivity index (χ2n) is 4.40. The largest absolute Gasteiger partial charge is 0.393 e. The molecule has 0 atom stereocenters. The monoisotopic (exact) mass is 338 g/mol. The fourth-order valence-corrected chi connectivity index (χ4v) is 2.34. The molecule has 108 valence electrons. The molecule has 0 spiro atoms. The molecule has 6 heteroatoms. The van der Waals surface area contributed by atoms with Crippen LogP contribution in [0.1, 0.15) is 15.9 Å². The minimum Gasteiger partial charge on any atom is -0.393 e. The number of hydrogen-bond acceptors (Lipinski definition) is 2. The number of anilines is 1. The van der Waals surface area contributed by atoms with Crippen LogP contribution in [0.25, 0.3) is 0 Å². The summed E-state index contributed by atoms with van der Waals surface area (Å²) in [6.07, 6.45) is 0.531. The fourth-order valence-electron chi connectivity index (χ4n) is 1.78.